The summed E-state index contributed by atoms with van der Waals surface area (Å²) in [7, 11) is 0. The minimum Gasteiger partial charge on any atom is -0.437 e. The van der Waals surface area contributed by atoms with Crippen molar-refractivity contribution in [2.45, 2.75) is 26.3 Å². The van der Waals surface area contributed by atoms with Crippen LogP contribution < -0.4 is 10.1 Å². The standard InChI is InChI=1S/C16H19ClN2O/c1-3-10-18-12(2)13-8-9-16(19-11-13)20-15-7-5-4-6-14(15)17/h4-9,11-12,18H,3,10H2,1-2H3. The highest BCUT2D eigenvalue weighted by Crippen LogP contribution is 2.28. The van der Waals surface area contributed by atoms with Gasteiger partial charge in [0.1, 0.15) is 5.75 Å². The van der Waals surface area contributed by atoms with Gasteiger partial charge in [-0.2, -0.15) is 0 Å². The molecule has 1 heterocycles. The monoisotopic (exact) mass is 290 g/mol. The molecule has 0 saturated heterocycles. The number of ether oxygens (including phenoxy) is 1. The van der Waals surface area contributed by atoms with Crippen LogP contribution in [-0.4, -0.2) is 11.5 Å². The zero-order valence-electron chi connectivity index (χ0n) is 11.8. The molecule has 0 aliphatic carbocycles. The van der Waals surface area contributed by atoms with Crippen LogP contribution in [0.4, 0.5) is 0 Å². The Morgan fingerprint density at radius 3 is 2.70 bits per heavy atom. The SMILES string of the molecule is CCCNC(C)c1ccc(Oc2ccccc2Cl)nc1. The Bertz CT molecular complexity index is 542. The van der Waals surface area contributed by atoms with Gasteiger partial charge in [-0.3, -0.25) is 0 Å². The molecule has 2 rings (SSSR count). The fourth-order valence-corrected chi connectivity index (χ4v) is 2.00. The van der Waals surface area contributed by atoms with E-state index in [1.165, 1.54) is 0 Å². The Labute approximate surface area is 124 Å². The third-order valence-electron chi connectivity index (χ3n) is 3.01. The highest BCUT2D eigenvalue weighted by atomic mass is 35.5. The van der Waals surface area contributed by atoms with Crippen molar-refractivity contribution in [3.05, 3.63) is 53.2 Å². The van der Waals surface area contributed by atoms with Gasteiger partial charge in [0.05, 0.1) is 5.02 Å². The van der Waals surface area contributed by atoms with Crippen molar-refractivity contribution in [2.24, 2.45) is 0 Å². The molecule has 1 aromatic carbocycles. The predicted molar refractivity (Wildman–Crippen MR) is 82.5 cm³/mol. The van der Waals surface area contributed by atoms with Gasteiger partial charge in [0.2, 0.25) is 5.88 Å². The first-order chi connectivity index (χ1) is 9.70. The van der Waals surface area contributed by atoms with Gasteiger partial charge in [-0.05, 0) is 37.6 Å². The van der Waals surface area contributed by atoms with E-state index in [1.54, 1.807) is 6.07 Å². The van der Waals surface area contributed by atoms with Gasteiger partial charge < -0.3 is 10.1 Å². The van der Waals surface area contributed by atoms with Gasteiger partial charge >= 0.3 is 0 Å². The average Bonchev–Trinajstić information content (AvgIpc) is 2.48. The Hall–Kier alpha value is -1.58. The van der Waals surface area contributed by atoms with Crippen LogP contribution in [0.15, 0.2) is 42.6 Å². The van der Waals surface area contributed by atoms with E-state index in [2.05, 4.69) is 24.1 Å². The minimum atomic E-state index is 0.289. The lowest BCUT2D eigenvalue weighted by Gasteiger charge is -2.13. The van der Waals surface area contributed by atoms with Crippen molar-refractivity contribution in [3.63, 3.8) is 0 Å². The van der Waals surface area contributed by atoms with Crippen LogP contribution in [-0.2, 0) is 0 Å². The summed E-state index contributed by atoms with van der Waals surface area (Å²) in [4.78, 5) is 4.32. The maximum Gasteiger partial charge on any atom is 0.219 e. The zero-order valence-corrected chi connectivity index (χ0v) is 12.5. The molecule has 0 aliphatic heterocycles. The predicted octanol–water partition coefficient (Wildman–Crippen LogP) is 4.59. The summed E-state index contributed by atoms with van der Waals surface area (Å²) in [5, 5.41) is 4.00. The van der Waals surface area contributed by atoms with E-state index in [9.17, 15) is 0 Å². The van der Waals surface area contributed by atoms with Crippen LogP contribution in [0.25, 0.3) is 0 Å². The van der Waals surface area contributed by atoms with E-state index in [0.717, 1.165) is 18.5 Å². The van der Waals surface area contributed by atoms with Crippen LogP contribution in [0.5, 0.6) is 11.6 Å². The van der Waals surface area contributed by atoms with Gasteiger partial charge in [-0.25, -0.2) is 4.98 Å². The van der Waals surface area contributed by atoms with Crippen molar-refractivity contribution < 1.29 is 4.74 Å². The lowest BCUT2D eigenvalue weighted by atomic mass is 10.1. The van der Waals surface area contributed by atoms with E-state index in [4.69, 9.17) is 16.3 Å². The van der Waals surface area contributed by atoms with Gasteiger partial charge in [0, 0.05) is 18.3 Å². The van der Waals surface area contributed by atoms with Crippen molar-refractivity contribution in [1.29, 1.82) is 0 Å². The summed E-state index contributed by atoms with van der Waals surface area (Å²) < 4.78 is 5.66. The first kappa shape index (κ1) is 14.8. The van der Waals surface area contributed by atoms with E-state index >= 15 is 0 Å². The van der Waals surface area contributed by atoms with Crippen molar-refractivity contribution in [2.75, 3.05) is 6.54 Å². The third-order valence-corrected chi connectivity index (χ3v) is 3.32. The molecule has 1 aromatic heterocycles. The molecule has 3 nitrogen and oxygen atoms in total. The number of para-hydroxylation sites is 1. The summed E-state index contributed by atoms with van der Waals surface area (Å²) in [6.45, 7) is 5.28. The number of halogens is 1. The van der Waals surface area contributed by atoms with Crippen molar-refractivity contribution in [1.82, 2.24) is 10.3 Å². The zero-order chi connectivity index (χ0) is 14.4. The molecule has 0 aliphatic rings. The smallest absolute Gasteiger partial charge is 0.219 e. The molecule has 0 fully saturated rings. The number of benzene rings is 1. The summed E-state index contributed by atoms with van der Waals surface area (Å²) in [6.07, 6.45) is 2.95. The average molecular weight is 291 g/mol. The number of nitrogens with zero attached hydrogens (tertiary/aromatic N) is 1. The molecular formula is C16H19ClN2O. The molecule has 4 heteroatoms. The molecule has 0 radical (unpaired) electrons. The van der Waals surface area contributed by atoms with Crippen LogP contribution >= 0.6 is 11.6 Å². The quantitative estimate of drug-likeness (QED) is 0.845. The maximum atomic E-state index is 6.05. The molecule has 0 spiro atoms. The molecule has 1 N–H and O–H groups in total. The van der Waals surface area contributed by atoms with Crippen molar-refractivity contribution >= 4 is 11.6 Å². The van der Waals surface area contributed by atoms with Gasteiger partial charge in [-0.15, -0.1) is 0 Å². The van der Waals surface area contributed by atoms with Crippen LogP contribution in [0.3, 0.4) is 0 Å². The Kier molecular flexibility index (Phi) is 5.39. The largest absolute Gasteiger partial charge is 0.437 e. The van der Waals surface area contributed by atoms with Crippen LogP contribution in [0.2, 0.25) is 5.02 Å². The van der Waals surface area contributed by atoms with Gasteiger partial charge in [0.25, 0.3) is 0 Å². The first-order valence-electron chi connectivity index (χ1n) is 6.82. The van der Waals surface area contributed by atoms with E-state index in [1.807, 2.05) is 36.5 Å². The van der Waals surface area contributed by atoms with Crippen molar-refractivity contribution in [3.8, 4) is 11.6 Å². The second kappa shape index (κ2) is 7.27. The molecule has 1 unspecified atom stereocenters. The van der Waals surface area contributed by atoms with Gasteiger partial charge in [-0.1, -0.05) is 36.7 Å². The summed E-state index contributed by atoms with van der Waals surface area (Å²) in [5.41, 5.74) is 1.14. The number of pyridine rings is 1. The molecule has 0 bridgehead atoms. The number of hydrogen-bond donors (Lipinski definition) is 1. The van der Waals surface area contributed by atoms with Crippen LogP contribution in [0.1, 0.15) is 31.9 Å². The second-order valence-corrected chi connectivity index (χ2v) is 5.05. The molecule has 0 amide bonds. The molecule has 106 valence electrons. The van der Waals surface area contributed by atoms with E-state index < -0.39 is 0 Å². The molecule has 2 aromatic rings. The molecule has 0 saturated carbocycles. The highest BCUT2D eigenvalue weighted by molar-refractivity contribution is 6.32. The number of aromatic nitrogens is 1. The highest BCUT2D eigenvalue weighted by Gasteiger charge is 2.06. The molecule has 20 heavy (non-hydrogen) atoms. The Balaban J connectivity index is 2.03. The number of rotatable bonds is 6. The van der Waals surface area contributed by atoms with E-state index in [0.29, 0.717) is 16.7 Å². The fourth-order valence-electron chi connectivity index (χ4n) is 1.83. The number of hydrogen-bond acceptors (Lipinski definition) is 3. The summed E-state index contributed by atoms with van der Waals surface area (Å²) in [6, 6.07) is 11.5. The topological polar surface area (TPSA) is 34.1 Å². The minimum absolute atomic E-state index is 0.289. The Morgan fingerprint density at radius 1 is 1.25 bits per heavy atom. The van der Waals surface area contributed by atoms with Gasteiger partial charge in [0.15, 0.2) is 0 Å². The Morgan fingerprint density at radius 2 is 2.05 bits per heavy atom. The lowest BCUT2D eigenvalue weighted by Crippen LogP contribution is -2.19. The van der Waals surface area contributed by atoms with E-state index in [-0.39, 0.29) is 6.04 Å². The fraction of sp³-hybridized carbons (Fsp3) is 0.312. The molecule has 1 atom stereocenters. The maximum absolute atomic E-state index is 6.05. The second-order valence-electron chi connectivity index (χ2n) is 4.64. The first-order valence-corrected chi connectivity index (χ1v) is 7.20. The lowest BCUT2D eigenvalue weighted by molar-refractivity contribution is 0.461. The third kappa shape index (κ3) is 3.95. The normalized spacial score (nSPS) is 12.2. The summed E-state index contributed by atoms with van der Waals surface area (Å²) in [5.74, 6) is 1.16. The molecular weight excluding hydrogens is 272 g/mol. The summed E-state index contributed by atoms with van der Waals surface area (Å²) >= 11 is 6.05. The number of nitrogens with one attached hydrogen (secondary N) is 1. The van der Waals surface area contributed by atoms with Crippen LogP contribution in [0, 0.1) is 0 Å².